The van der Waals surface area contributed by atoms with Crippen LogP contribution in [0.3, 0.4) is 0 Å². The van der Waals surface area contributed by atoms with E-state index in [1.807, 2.05) is 47.9 Å². The van der Waals surface area contributed by atoms with Crippen LogP contribution in [0.5, 0.6) is 5.75 Å². The summed E-state index contributed by atoms with van der Waals surface area (Å²) in [7, 11) is 1.60. The van der Waals surface area contributed by atoms with Crippen molar-refractivity contribution in [3.63, 3.8) is 0 Å². The molecule has 0 aliphatic carbocycles. The summed E-state index contributed by atoms with van der Waals surface area (Å²) in [5, 5.41) is 1.21. The van der Waals surface area contributed by atoms with E-state index in [1.165, 1.54) is 6.92 Å². The number of aromatic nitrogens is 1. The van der Waals surface area contributed by atoms with E-state index in [2.05, 4.69) is 0 Å². The Bertz CT molecular complexity index is 1230. The third kappa shape index (κ3) is 2.17. The van der Waals surface area contributed by atoms with Gasteiger partial charge in [0.05, 0.1) is 29.3 Å². The van der Waals surface area contributed by atoms with Crippen molar-refractivity contribution >= 4 is 27.7 Å². The van der Waals surface area contributed by atoms with Gasteiger partial charge in [0.15, 0.2) is 11.4 Å². The first-order chi connectivity index (χ1) is 12.5. The average Bonchev–Trinajstić information content (AvgIpc) is 2.93. The summed E-state index contributed by atoms with van der Waals surface area (Å²) in [5.41, 5.74) is 2.44. The Hall–Kier alpha value is -3.34. The SMILES string of the molecule is COc1ccccc1-n1c(C)c(C(C)=O)c2oc(=O)c3ccccc3c21. The Balaban J connectivity index is 2.30. The van der Waals surface area contributed by atoms with Gasteiger partial charge in [-0.25, -0.2) is 4.79 Å². The van der Waals surface area contributed by atoms with Crippen molar-refractivity contribution in [1.82, 2.24) is 4.57 Å². The first-order valence-electron chi connectivity index (χ1n) is 8.25. The van der Waals surface area contributed by atoms with E-state index < -0.39 is 5.63 Å². The van der Waals surface area contributed by atoms with Crippen LogP contribution in [0.1, 0.15) is 23.0 Å². The molecular formula is C21H17NO4. The smallest absolute Gasteiger partial charge is 0.344 e. The minimum Gasteiger partial charge on any atom is -0.495 e. The lowest BCUT2D eigenvalue weighted by molar-refractivity contribution is 0.101. The quantitative estimate of drug-likeness (QED) is 0.520. The number of hydrogen-bond acceptors (Lipinski definition) is 4. The Labute approximate surface area is 149 Å². The first kappa shape index (κ1) is 16.1. The number of carbonyl (C=O) groups excluding carboxylic acids is 1. The first-order valence-corrected chi connectivity index (χ1v) is 8.25. The highest BCUT2D eigenvalue weighted by atomic mass is 16.5. The molecule has 2 aromatic heterocycles. The number of hydrogen-bond donors (Lipinski definition) is 0. The van der Waals surface area contributed by atoms with Crippen LogP contribution in [0.2, 0.25) is 0 Å². The molecule has 0 N–H and O–H groups in total. The summed E-state index contributed by atoms with van der Waals surface area (Å²) in [5.74, 6) is 0.512. The summed E-state index contributed by atoms with van der Waals surface area (Å²) >= 11 is 0. The molecule has 0 radical (unpaired) electrons. The maximum atomic E-state index is 12.4. The molecule has 2 heterocycles. The number of fused-ring (bicyclic) bond motifs is 3. The number of rotatable bonds is 3. The van der Waals surface area contributed by atoms with Gasteiger partial charge in [0.2, 0.25) is 0 Å². The third-order valence-corrected chi connectivity index (χ3v) is 4.64. The summed E-state index contributed by atoms with van der Waals surface area (Å²) in [6.45, 7) is 3.32. The molecule has 5 nitrogen and oxygen atoms in total. The molecule has 130 valence electrons. The summed E-state index contributed by atoms with van der Waals surface area (Å²) < 4.78 is 13.0. The predicted octanol–water partition coefficient (Wildman–Crippen LogP) is 4.26. The predicted molar refractivity (Wildman–Crippen MR) is 101 cm³/mol. The van der Waals surface area contributed by atoms with E-state index in [-0.39, 0.29) is 5.78 Å². The van der Waals surface area contributed by atoms with Gasteiger partial charge in [-0.2, -0.15) is 0 Å². The van der Waals surface area contributed by atoms with Crippen LogP contribution in [0.15, 0.2) is 57.7 Å². The van der Waals surface area contributed by atoms with Gasteiger partial charge < -0.3 is 13.7 Å². The second-order valence-corrected chi connectivity index (χ2v) is 6.14. The minimum absolute atomic E-state index is 0.153. The Morgan fingerprint density at radius 3 is 2.38 bits per heavy atom. The molecule has 0 saturated heterocycles. The van der Waals surface area contributed by atoms with Crippen LogP contribution in [-0.2, 0) is 0 Å². The molecule has 4 rings (SSSR count). The lowest BCUT2D eigenvalue weighted by Crippen LogP contribution is -2.03. The molecule has 4 aromatic rings. The molecule has 0 aliphatic rings. The van der Waals surface area contributed by atoms with Crippen molar-refractivity contribution in [2.75, 3.05) is 7.11 Å². The van der Waals surface area contributed by atoms with E-state index in [1.54, 1.807) is 19.2 Å². The number of ether oxygens (including phenoxy) is 1. The maximum Gasteiger partial charge on any atom is 0.344 e. The van der Waals surface area contributed by atoms with Crippen LogP contribution in [-0.4, -0.2) is 17.5 Å². The Kier molecular flexibility index (Phi) is 3.65. The van der Waals surface area contributed by atoms with Crippen molar-refractivity contribution in [3.05, 3.63) is 70.2 Å². The van der Waals surface area contributed by atoms with E-state index in [4.69, 9.17) is 9.15 Å². The lowest BCUT2D eigenvalue weighted by atomic mass is 10.1. The highest BCUT2D eigenvalue weighted by Gasteiger charge is 2.24. The fraction of sp³-hybridized carbons (Fsp3) is 0.143. The number of benzene rings is 2. The zero-order valence-electron chi connectivity index (χ0n) is 14.7. The van der Waals surface area contributed by atoms with Crippen molar-refractivity contribution in [1.29, 1.82) is 0 Å². The highest BCUT2D eigenvalue weighted by Crippen LogP contribution is 2.36. The largest absolute Gasteiger partial charge is 0.495 e. The monoisotopic (exact) mass is 347 g/mol. The maximum absolute atomic E-state index is 12.4. The van der Waals surface area contributed by atoms with Crippen molar-refractivity contribution in [3.8, 4) is 11.4 Å². The van der Waals surface area contributed by atoms with Crippen LogP contribution in [0.4, 0.5) is 0 Å². The van der Waals surface area contributed by atoms with Gasteiger partial charge in [0, 0.05) is 11.1 Å². The molecule has 5 heteroatoms. The van der Waals surface area contributed by atoms with Gasteiger partial charge in [-0.1, -0.05) is 30.3 Å². The molecule has 0 fully saturated rings. The van der Waals surface area contributed by atoms with Crippen LogP contribution in [0, 0.1) is 6.92 Å². The molecular weight excluding hydrogens is 330 g/mol. The van der Waals surface area contributed by atoms with Gasteiger partial charge in [-0.3, -0.25) is 4.79 Å². The summed E-state index contributed by atoms with van der Waals surface area (Å²) in [4.78, 5) is 24.8. The van der Waals surface area contributed by atoms with Crippen molar-refractivity contribution in [2.45, 2.75) is 13.8 Å². The van der Waals surface area contributed by atoms with Gasteiger partial charge in [-0.05, 0) is 32.0 Å². The van der Waals surface area contributed by atoms with Crippen LogP contribution >= 0.6 is 0 Å². The fourth-order valence-corrected chi connectivity index (χ4v) is 3.55. The molecule has 0 bridgehead atoms. The molecule has 2 aromatic carbocycles. The van der Waals surface area contributed by atoms with E-state index in [0.717, 1.165) is 11.1 Å². The molecule has 0 saturated carbocycles. The number of Topliss-reactive ketones (excluding diaryl/α,β-unsaturated/α-hetero) is 1. The molecule has 0 unspecified atom stereocenters. The molecule has 0 aliphatic heterocycles. The minimum atomic E-state index is -0.451. The van der Waals surface area contributed by atoms with Crippen LogP contribution in [0.25, 0.3) is 27.6 Å². The van der Waals surface area contributed by atoms with E-state index >= 15 is 0 Å². The number of para-hydroxylation sites is 2. The van der Waals surface area contributed by atoms with Gasteiger partial charge in [-0.15, -0.1) is 0 Å². The van der Waals surface area contributed by atoms with Crippen molar-refractivity contribution < 1.29 is 13.9 Å². The number of nitrogens with zero attached hydrogens (tertiary/aromatic N) is 1. The van der Waals surface area contributed by atoms with Gasteiger partial charge >= 0.3 is 5.63 Å². The highest BCUT2D eigenvalue weighted by molar-refractivity contribution is 6.13. The average molecular weight is 347 g/mol. The van der Waals surface area contributed by atoms with Gasteiger partial charge in [0.25, 0.3) is 0 Å². The van der Waals surface area contributed by atoms with E-state index in [0.29, 0.717) is 33.5 Å². The molecule has 0 spiro atoms. The topological polar surface area (TPSA) is 61.4 Å². The number of ketones is 1. The lowest BCUT2D eigenvalue weighted by Gasteiger charge is -2.13. The zero-order chi connectivity index (χ0) is 18.4. The molecule has 0 atom stereocenters. The third-order valence-electron chi connectivity index (χ3n) is 4.64. The Morgan fingerprint density at radius 2 is 1.69 bits per heavy atom. The Morgan fingerprint density at radius 1 is 1.04 bits per heavy atom. The zero-order valence-corrected chi connectivity index (χ0v) is 14.7. The fourth-order valence-electron chi connectivity index (χ4n) is 3.55. The van der Waals surface area contributed by atoms with E-state index in [9.17, 15) is 9.59 Å². The summed E-state index contributed by atoms with van der Waals surface area (Å²) in [6, 6.07) is 14.8. The molecule has 0 amide bonds. The molecule has 26 heavy (non-hydrogen) atoms. The second-order valence-electron chi connectivity index (χ2n) is 6.14. The summed E-state index contributed by atoms with van der Waals surface area (Å²) in [6.07, 6.45) is 0. The standard InChI is InChI=1S/C21H17NO4/c1-12-18(13(2)23)20-19(14-8-4-5-9-15(14)21(24)26-20)22(12)16-10-6-7-11-17(16)25-3/h4-11H,1-3H3. The van der Waals surface area contributed by atoms with Crippen molar-refractivity contribution in [2.24, 2.45) is 0 Å². The normalized spacial score (nSPS) is 11.2. The number of methoxy groups -OCH3 is 1. The van der Waals surface area contributed by atoms with Crippen LogP contribution < -0.4 is 10.4 Å². The van der Waals surface area contributed by atoms with Gasteiger partial charge in [0.1, 0.15) is 5.75 Å². The second kappa shape index (κ2) is 5.88. The number of carbonyl (C=O) groups is 1.